The van der Waals surface area contributed by atoms with Crippen molar-refractivity contribution < 1.29 is 19.1 Å². The number of carbonyl (C=O) groups is 1. The normalized spacial score (nSPS) is 46.3. The molecule has 4 rings (SSSR count). The molecule has 3 aliphatic carbocycles. The third-order valence-electron chi connectivity index (χ3n) is 7.82. The maximum absolute atomic E-state index is 14.6. The highest BCUT2D eigenvalue weighted by molar-refractivity contribution is 5.79. The van der Waals surface area contributed by atoms with Crippen molar-refractivity contribution in [2.24, 2.45) is 29.6 Å². The van der Waals surface area contributed by atoms with Gasteiger partial charge >= 0.3 is 0 Å². The minimum absolute atomic E-state index is 0.102. The van der Waals surface area contributed by atoms with E-state index in [1.54, 1.807) is 0 Å². The standard InChI is InChI=1S/C21H36FN3O3/c1-2-18-24-20(25-28-18)13-6-8-15-12(10-13)7-9-17(15)23-21(27)16-5-3-4-14(11-26)19(16)22/h12-20,24-26H,2-11H2,1H3,(H,23,27)/t12?,13?,14?,15?,16?,17-,18?,19?,20?/m1/s1. The van der Waals surface area contributed by atoms with Gasteiger partial charge in [-0.25, -0.2) is 4.39 Å². The molecule has 4 aliphatic rings. The van der Waals surface area contributed by atoms with E-state index in [1.165, 1.54) is 0 Å². The number of amides is 1. The van der Waals surface area contributed by atoms with E-state index in [2.05, 4.69) is 23.0 Å². The summed E-state index contributed by atoms with van der Waals surface area (Å²) in [5.74, 6) is 0.613. The molecule has 1 amide bonds. The summed E-state index contributed by atoms with van der Waals surface area (Å²) in [6.07, 6.45) is 7.71. The SMILES string of the molecule is CCC1NC(C2CCC3C(CC[C@H]3NC(=O)C3CCCC(CO)C3F)C2)NO1. The predicted molar refractivity (Wildman–Crippen MR) is 104 cm³/mol. The van der Waals surface area contributed by atoms with Crippen LogP contribution < -0.4 is 16.1 Å². The smallest absolute Gasteiger partial charge is 0.226 e. The third-order valence-corrected chi connectivity index (χ3v) is 7.82. The van der Waals surface area contributed by atoms with Crippen LogP contribution in [-0.2, 0) is 9.63 Å². The quantitative estimate of drug-likeness (QED) is 0.572. The summed E-state index contributed by atoms with van der Waals surface area (Å²) in [4.78, 5) is 18.4. The zero-order valence-corrected chi connectivity index (χ0v) is 16.9. The van der Waals surface area contributed by atoms with E-state index in [9.17, 15) is 14.3 Å². The molecule has 7 heteroatoms. The van der Waals surface area contributed by atoms with E-state index in [0.29, 0.717) is 30.6 Å². The lowest BCUT2D eigenvalue weighted by Gasteiger charge is -2.37. The molecular formula is C21H36FN3O3. The molecule has 1 aliphatic heterocycles. The lowest BCUT2D eigenvalue weighted by atomic mass is 9.73. The minimum atomic E-state index is -1.21. The molecule has 1 saturated heterocycles. The van der Waals surface area contributed by atoms with Gasteiger partial charge in [0.25, 0.3) is 0 Å². The molecule has 6 nitrogen and oxygen atoms in total. The van der Waals surface area contributed by atoms with Crippen LogP contribution in [0.3, 0.4) is 0 Å². The summed E-state index contributed by atoms with van der Waals surface area (Å²) in [6, 6.07) is 0.185. The first kappa shape index (κ1) is 20.5. The molecule has 0 spiro atoms. The van der Waals surface area contributed by atoms with Crippen LogP contribution in [0.4, 0.5) is 4.39 Å². The minimum Gasteiger partial charge on any atom is -0.396 e. The highest BCUT2D eigenvalue weighted by Gasteiger charge is 2.45. The maximum Gasteiger partial charge on any atom is 0.226 e. The number of hydrogen-bond acceptors (Lipinski definition) is 5. The van der Waals surface area contributed by atoms with Crippen LogP contribution in [0.1, 0.15) is 64.7 Å². The number of rotatable bonds is 5. The number of aliphatic hydroxyl groups is 1. The van der Waals surface area contributed by atoms with Gasteiger partial charge in [-0.2, -0.15) is 5.48 Å². The van der Waals surface area contributed by atoms with Gasteiger partial charge in [0.05, 0.1) is 12.1 Å². The Hall–Kier alpha value is -0.760. The molecule has 0 aromatic rings. The molecule has 160 valence electrons. The molecule has 4 N–H and O–H groups in total. The van der Waals surface area contributed by atoms with Gasteiger partial charge in [0.1, 0.15) is 12.4 Å². The Morgan fingerprint density at radius 1 is 1.18 bits per heavy atom. The van der Waals surface area contributed by atoms with Crippen molar-refractivity contribution >= 4 is 5.91 Å². The van der Waals surface area contributed by atoms with Crippen LogP contribution >= 0.6 is 0 Å². The van der Waals surface area contributed by atoms with E-state index in [1.807, 2.05) is 0 Å². The number of halogens is 1. The molecule has 9 atom stereocenters. The number of aliphatic hydroxyl groups excluding tert-OH is 1. The van der Waals surface area contributed by atoms with Crippen LogP contribution in [0.15, 0.2) is 0 Å². The number of carbonyl (C=O) groups excluding carboxylic acids is 1. The van der Waals surface area contributed by atoms with Gasteiger partial charge in [0, 0.05) is 18.6 Å². The third kappa shape index (κ3) is 4.09. The van der Waals surface area contributed by atoms with E-state index in [0.717, 1.165) is 44.9 Å². The van der Waals surface area contributed by atoms with Crippen molar-refractivity contribution in [1.82, 2.24) is 16.1 Å². The summed E-state index contributed by atoms with van der Waals surface area (Å²) >= 11 is 0. The maximum atomic E-state index is 14.6. The summed E-state index contributed by atoms with van der Waals surface area (Å²) in [7, 11) is 0. The number of fused-ring (bicyclic) bond motifs is 1. The molecule has 28 heavy (non-hydrogen) atoms. The topological polar surface area (TPSA) is 82.6 Å². The monoisotopic (exact) mass is 397 g/mol. The average molecular weight is 398 g/mol. The fraction of sp³-hybridized carbons (Fsp3) is 0.952. The summed E-state index contributed by atoms with van der Waals surface area (Å²) < 4.78 is 14.6. The largest absolute Gasteiger partial charge is 0.396 e. The van der Waals surface area contributed by atoms with E-state index in [4.69, 9.17) is 4.84 Å². The van der Waals surface area contributed by atoms with Crippen molar-refractivity contribution in [2.45, 2.75) is 89.3 Å². The van der Waals surface area contributed by atoms with E-state index < -0.39 is 12.1 Å². The first-order chi connectivity index (χ1) is 13.6. The summed E-state index contributed by atoms with van der Waals surface area (Å²) in [5, 5.41) is 16.1. The molecular weight excluding hydrogens is 361 g/mol. The first-order valence-corrected chi connectivity index (χ1v) is 11.3. The Morgan fingerprint density at radius 2 is 2.00 bits per heavy atom. The molecule has 4 fully saturated rings. The van der Waals surface area contributed by atoms with Gasteiger partial charge in [-0.05, 0) is 69.1 Å². The fourth-order valence-corrected chi connectivity index (χ4v) is 6.14. The molecule has 0 radical (unpaired) electrons. The second-order valence-electron chi connectivity index (χ2n) is 9.39. The second-order valence-corrected chi connectivity index (χ2v) is 9.39. The van der Waals surface area contributed by atoms with Gasteiger partial charge in [-0.3, -0.25) is 14.9 Å². The van der Waals surface area contributed by atoms with Crippen LogP contribution in [0.2, 0.25) is 0 Å². The lowest BCUT2D eigenvalue weighted by Crippen LogP contribution is -2.48. The number of alkyl halides is 1. The van der Waals surface area contributed by atoms with Gasteiger partial charge in [0.15, 0.2) is 0 Å². The number of hydroxylamine groups is 1. The lowest BCUT2D eigenvalue weighted by molar-refractivity contribution is -0.131. The molecule has 3 saturated carbocycles. The Morgan fingerprint density at radius 3 is 2.75 bits per heavy atom. The van der Waals surface area contributed by atoms with Crippen molar-refractivity contribution in [1.29, 1.82) is 0 Å². The first-order valence-electron chi connectivity index (χ1n) is 11.3. The van der Waals surface area contributed by atoms with Crippen molar-refractivity contribution in [3.05, 3.63) is 0 Å². The van der Waals surface area contributed by atoms with Crippen molar-refractivity contribution in [2.75, 3.05) is 6.61 Å². The highest BCUT2D eigenvalue weighted by Crippen LogP contribution is 2.45. The Labute approximate surface area is 167 Å². The highest BCUT2D eigenvalue weighted by atomic mass is 19.1. The molecule has 0 bridgehead atoms. The Kier molecular flexibility index (Phi) is 6.55. The number of hydrogen-bond donors (Lipinski definition) is 4. The van der Waals surface area contributed by atoms with Gasteiger partial charge in [-0.15, -0.1) is 0 Å². The second kappa shape index (κ2) is 8.94. The van der Waals surface area contributed by atoms with Crippen molar-refractivity contribution in [3.63, 3.8) is 0 Å². The van der Waals surface area contributed by atoms with Gasteiger partial charge < -0.3 is 10.4 Å². The average Bonchev–Trinajstić information content (AvgIpc) is 3.35. The molecule has 0 aromatic carbocycles. The van der Waals surface area contributed by atoms with E-state index >= 15 is 0 Å². The summed E-state index contributed by atoms with van der Waals surface area (Å²) in [6.45, 7) is 1.95. The molecule has 8 unspecified atom stereocenters. The van der Waals surface area contributed by atoms with Crippen LogP contribution in [0.5, 0.6) is 0 Å². The van der Waals surface area contributed by atoms with Gasteiger partial charge in [-0.1, -0.05) is 13.3 Å². The molecule has 0 aromatic heterocycles. The Bertz CT molecular complexity index is 551. The predicted octanol–water partition coefficient (Wildman–Crippen LogP) is 2.23. The van der Waals surface area contributed by atoms with E-state index in [-0.39, 0.29) is 36.9 Å². The van der Waals surface area contributed by atoms with Crippen LogP contribution in [-0.4, -0.2) is 42.2 Å². The van der Waals surface area contributed by atoms with Crippen LogP contribution in [0, 0.1) is 29.6 Å². The van der Waals surface area contributed by atoms with Gasteiger partial charge in [0.2, 0.25) is 5.91 Å². The Balaban J connectivity index is 1.29. The summed E-state index contributed by atoms with van der Waals surface area (Å²) in [5.41, 5.74) is 3.17. The fourth-order valence-electron chi connectivity index (χ4n) is 6.14. The zero-order chi connectivity index (χ0) is 19.7. The van der Waals surface area contributed by atoms with Crippen LogP contribution in [0.25, 0.3) is 0 Å². The zero-order valence-electron chi connectivity index (χ0n) is 16.9. The van der Waals surface area contributed by atoms with Crippen molar-refractivity contribution in [3.8, 4) is 0 Å². The molecule has 1 heterocycles. The number of nitrogens with one attached hydrogen (secondary N) is 3.